The molecular weight excluding hydrogens is 451 g/mol. The Balaban J connectivity index is 1.74. The quantitative estimate of drug-likeness (QED) is 0.300. The van der Waals surface area contributed by atoms with Gasteiger partial charge in [0.25, 0.3) is 0 Å². The monoisotopic (exact) mass is 472 g/mol. The zero-order chi connectivity index (χ0) is 24.6. The molecule has 0 saturated heterocycles. The number of hydrogen-bond acceptors (Lipinski definition) is 9. The number of aliphatic imine (C=N–C) groups is 2. The molecule has 3 heterocycles. The van der Waals surface area contributed by atoms with Crippen LogP contribution >= 0.6 is 0 Å². The lowest BCUT2D eigenvalue weighted by Gasteiger charge is -2.29. The minimum absolute atomic E-state index is 0.107. The predicted molar refractivity (Wildman–Crippen MR) is 130 cm³/mol. The number of nitrogens with zero attached hydrogens (tertiary/aromatic N) is 6. The molecule has 35 heavy (non-hydrogen) atoms. The minimum atomic E-state index is -1.76. The fourth-order valence-electron chi connectivity index (χ4n) is 3.98. The van der Waals surface area contributed by atoms with Crippen molar-refractivity contribution in [1.29, 1.82) is 0 Å². The lowest BCUT2D eigenvalue weighted by atomic mass is 9.93. The Bertz CT molecular complexity index is 1510. The molecule has 1 unspecified atom stereocenters. The van der Waals surface area contributed by atoms with E-state index in [2.05, 4.69) is 25.2 Å². The molecule has 1 aliphatic heterocycles. The number of ether oxygens (including phenoxy) is 1. The summed E-state index contributed by atoms with van der Waals surface area (Å²) in [5.74, 6) is -0.265. The zero-order valence-corrected chi connectivity index (χ0v) is 18.6. The topological polar surface area (TPSA) is 149 Å². The average molecular weight is 472 g/mol. The number of halogens is 1. The third kappa shape index (κ3) is 3.67. The van der Waals surface area contributed by atoms with Crippen molar-refractivity contribution in [3.05, 3.63) is 83.4 Å². The van der Waals surface area contributed by atoms with Crippen LogP contribution in [0.5, 0.6) is 5.75 Å². The van der Waals surface area contributed by atoms with E-state index >= 15 is 0 Å². The maximum Gasteiger partial charge on any atom is 0.190 e. The van der Waals surface area contributed by atoms with Crippen molar-refractivity contribution >= 4 is 28.9 Å². The zero-order valence-electron chi connectivity index (χ0n) is 18.6. The second-order valence-corrected chi connectivity index (χ2v) is 7.89. The molecule has 0 aliphatic carbocycles. The molecule has 11 heteroatoms. The van der Waals surface area contributed by atoms with Gasteiger partial charge in [-0.25, -0.2) is 24.0 Å². The van der Waals surface area contributed by atoms with Crippen molar-refractivity contribution < 1.29 is 14.3 Å². The van der Waals surface area contributed by atoms with Crippen molar-refractivity contribution in [2.24, 2.45) is 26.6 Å². The number of oxime groups is 1. The van der Waals surface area contributed by atoms with Crippen molar-refractivity contribution in [1.82, 2.24) is 14.8 Å². The Morgan fingerprint density at radius 3 is 2.63 bits per heavy atom. The first-order valence-electron chi connectivity index (χ1n) is 10.6. The molecule has 2 aromatic heterocycles. The number of fused-ring (bicyclic) bond motifs is 1. The normalized spacial score (nSPS) is 18.7. The first kappa shape index (κ1) is 22.2. The van der Waals surface area contributed by atoms with Gasteiger partial charge in [-0.2, -0.15) is 5.10 Å². The molecule has 1 aliphatic rings. The van der Waals surface area contributed by atoms with Crippen LogP contribution in [0.2, 0.25) is 0 Å². The van der Waals surface area contributed by atoms with Crippen molar-refractivity contribution in [2.45, 2.75) is 19.2 Å². The number of amidine groups is 1. The molecule has 10 nitrogen and oxygen atoms in total. The third-order valence-electron chi connectivity index (χ3n) is 5.73. The van der Waals surface area contributed by atoms with Crippen LogP contribution in [0.4, 0.5) is 4.39 Å². The second-order valence-electron chi connectivity index (χ2n) is 7.89. The van der Waals surface area contributed by atoms with Gasteiger partial charge >= 0.3 is 0 Å². The maximum atomic E-state index is 14.4. The summed E-state index contributed by atoms with van der Waals surface area (Å²) in [7, 11) is 0. The van der Waals surface area contributed by atoms with Crippen LogP contribution < -0.4 is 16.2 Å². The highest BCUT2D eigenvalue weighted by Gasteiger charge is 2.42. The lowest BCUT2D eigenvalue weighted by molar-refractivity contribution is 0.294. The molecular formula is C24H21FN8O2. The van der Waals surface area contributed by atoms with E-state index in [1.54, 1.807) is 29.8 Å². The van der Waals surface area contributed by atoms with E-state index in [9.17, 15) is 9.60 Å². The third-order valence-corrected chi connectivity index (χ3v) is 5.73. The standard InChI is InChI=1S/C24H21FN8O2/c1-14-19-20(35-12-15-7-5-6-10-18(15)25)17(24(27)21(32-34)22(26)29-13-30-24)11-28-23(19)33(31-14)16-8-3-2-4-9-16/h2-11,13,34H,12,27H2,1H3,(H2,26,29,30)/b32-21+. The fourth-order valence-corrected chi connectivity index (χ4v) is 3.98. The Morgan fingerprint density at radius 1 is 1.14 bits per heavy atom. The van der Waals surface area contributed by atoms with Gasteiger partial charge in [-0.15, -0.1) is 0 Å². The van der Waals surface area contributed by atoms with Gasteiger partial charge < -0.3 is 15.7 Å². The molecule has 1 atom stereocenters. The van der Waals surface area contributed by atoms with Crippen LogP contribution in [0.3, 0.4) is 0 Å². The van der Waals surface area contributed by atoms with E-state index in [-0.39, 0.29) is 29.5 Å². The number of aryl methyl sites for hydroxylation is 1. The van der Waals surface area contributed by atoms with Gasteiger partial charge in [0, 0.05) is 11.8 Å². The van der Waals surface area contributed by atoms with Crippen LogP contribution in [0.1, 0.15) is 16.8 Å². The smallest absolute Gasteiger partial charge is 0.190 e. The number of benzene rings is 2. The Morgan fingerprint density at radius 2 is 1.89 bits per heavy atom. The second kappa shape index (κ2) is 8.61. The number of nitrogens with two attached hydrogens (primary N) is 2. The number of para-hydroxylation sites is 1. The molecule has 0 saturated carbocycles. The number of rotatable bonds is 5. The van der Waals surface area contributed by atoms with E-state index < -0.39 is 11.5 Å². The summed E-state index contributed by atoms with van der Waals surface area (Å²) >= 11 is 0. The Labute approximate surface area is 199 Å². The van der Waals surface area contributed by atoms with Crippen LogP contribution in [0.25, 0.3) is 16.7 Å². The van der Waals surface area contributed by atoms with Crippen LogP contribution in [-0.2, 0) is 12.3 Å². The van der Waals surface area contributed by atoms with Gasteiger partial charge in [0.1, 0.15) is 24.5 Å². The van der Waals surface area contributed by atoms with Crippen LogP contribution in [-0.4, -0.2) is 37.9 Å². The van der Waals surface area contributed by atoms with Gasteiger partial charge in [0.05, 0.1) is 22.3 Å². The van der Waals surface area contributed by atoms with Crippen LogP contribution in [0.15, 0.2) is 75.9 Å². The van der Waals surface area contributed by atoms with Gasteiger partial charge in [-0.05, 0) is 25.1 Å². The van der Waals surface area contributed by atoms with Crippen molar-refractivity contribution in [2.75, 3.05) is 0 Å². The molecule has 5 rings (SSSR count). The van der Waals surface area contributed by atoms with E-state index in [0.717, 1.165) is 5.69 Å². The van der Waals surface area contributed by atoms with E-state index in [4.69, 9.17) is 16.2 Å². The predicted octanol–water partition coefficient (Wildman–Crippen LogP) is 2.79. The lowest BCUT2D eigenvalue weighted by Crippen LogP contribution is -2.51. The highest BCUT2D eigenvalue weighted by atomic mass is 19.1. The molecule has 0 fully saturated rings. The Kier molecular flexibility index (Phi) is 5.46. The maximum absolute atomic E-state index is 14.4. The van der Waals surface area contributed by atoms with Gasteiger partial charge in [-0.3, -0.25) is 5.73 Å². The molecule has 176 valence electrons. The van der Waals surface area contributed by atoms with E-state index in [0.29, 0.717) is 22.3 Å². The molecule has 2 aromatic carbocycles. The Hall–Kier alpha value is -4.64. The van der Waals surface area contributed by atoms with Gasteiger partial charge in [0.15, 0.2) is 22.9 Å². The largest absolute Gasteiger partial charge is 0.487 e. The van der Waals surface area contributed by atoms with Gasteiger partial charge in [-0.1, -0.05) is 41.6 Å². The summed E-state index contributed by atoms with van der Waals surface area (Å²) in [6.07, 6.45) is 2.63. The molecule has 5 N–H and O–H groups in total. The molecule has 0 radical (unpaired) electrons. The molecule has 0 amide bonds. The first-order valence-corrected chi connectivity index (χ1v) is 10.6. The number of pyridine rings is 1. The summed E-state index contributed by atoms with van der Waals surface area (Å²) in [6.45, 7) is 1.69. The summed E-state index contributed by atoms with van der Waals surface area (Å²) in [6, 6.07) is 15.8. The highest BCUT2D eigenvalue weighted by Crippen LogP contribution is 2.39. The number of aromatic nitrogens is 3. The van der Waals surface area contributed by atoms with Crippen LogP contribution in [0, 0.1) is 12.7 Å². The molecule has 0 bridgehead atoms. The minimum Gasteiger partial charge on any atom is -0.487 e. The van der Waals surface area contributed by atoms with E-state index in [1.165, 1.54) is 18.6 Å². The highest BCUT2D eigenvalue weighted by molar-refractivity contribution is 6.45. The summed E-state index contributed by atoms with van der Waals surface area (Å²) in [5.41, 5.74) is 13.1. The molecule has 0 spiro atoms. The van der Waals surface area contributed by atoms with Gasteiger partial charge in [0.2, 0.25) is 0 Å². The summed E-state index contributed by atoms with van der Waals surface area (Å²) in [5, 5.41) is 18.1. The molecule has 4 aromatic rings. The average Bonchev–Trinajstić information content (AvgIpc) is 3.21. The van der Waals surface area contributed by atoms with E-state index in [1.807, 2.05) is 30.3 Å². The summed E-state index contributed by atoms with van der Waals surface area (Å²) in [4.78, 5) is 12.7. The first-order chi connectivity index (χ1) is 16.9. The summed E-state index contributed by atoms with van der Waals surface area (Å²) < 4.78 is 22.2. The van der Waals surface area contributed by atoms with Crippen molar-refractivity contribution in [3.63, 3.8) is 0 Å². The fraction of sp³-hybridized carbons (Fsp3) is 0.125. The SMILES string of the molecule is Cc1nn(-c2ccccc2)c2ncc(C3(N)N=CN=C(N)/C3=N\O)c(OCc3ccccc3F)c12. The van der Waals surface area contributed by atoms with Crippen molar-refractivity contribution in [3.8, 4) is 11.4 Å². The number of hydrogen-bond donors (Lipinski definition) is 3.